The molecule has 0 spiro atoms. The molecule has 0 amide bonds. The molecule has 0 saturated heterocycles. The zero-order valence-corrected chi connectivity index (χ0v) is 16.5. The van der Waals surface area contributed by atoms with Crippen LogP contribution in [0.15, 0.2) is 0 Å². The lowest BCUT2D eigenvalue weighted by atomic mass is 9.78. The minimum atomic E-state index is -0.682. The molecular weight excluding hydrogens is 316 g/mol. The summed E-state index contributed by atoms with van der Waals surface area (Å²) < 4.78 is 0. The van der Waals surface area contributed by atoms with E-state index in [0.717, 1.165) is 51.4 Å². The first-order valence-electron chi connectivity index (χ1n) is 10.4. The maximum absolute atomic E-state index is 11.4. The number of carboxylic acids is 2. The third-order valence-corrected chi connectivity index (χ3v) is 5.60. The molecule has 0 atom stereocenters. The summed E-state index contributed by atoms with van der Waals surface area (Å²) in [4.78, 5) is 21.8. The Bertz CT molecular complexity index is 348. The van der Waals surface area contributed by atoms with Gasteiger partial charge in [-0.05, 0) is 25.7 Å². The van der Waals surface area contributed by atoms with Gasteiger partial charge >= 0.3 is 11.9 Å². The molecule has 0 aromatic heterocycles. The molecule has 0 aromatic rings. The van der Waals surface area contributed by atoms with E-state index in [2.05, 4.69) is 0 Å². The second-order valence-corrected chi connectivity index (χ2v) is 7.43. The van der Waals surface area contributed by atoms with E-state index in [9.17, 15) is 14.7 Å². The van der Waals surface area contributed by atoms with E-state index in [1.54, 1.807) is 0 Å². The first-order chi connectivity index (χ1) is 12.0. The van der Waals surface area contributed by atoms with Crippen molar-refractivity contribution in [1.29, 1.82) is 0 Å². The van der Waals surface area contributed by atoms with Crippen LogP contribution in [0.25, 0.3) is 0 Å². The number of hydrogen-bond acceptors (Lipinski definition) is 2. The molecule has 0 unspecified atom stereocenters. The van der Waals surface area contributed by atoms with Gasteiger partial charge in [0.05, 0.1) is 5.41 Å². The van der Waals surface area contributed by atoms with E-state index in [-0.39, 0.29) is 0 Å². The quantitative estimate of drug-likeness (QED) is 0.278. The van der Waals surface area contributed by atoms with E-state index < -0.39 is 17.4 Å². The SMILES string of the molecule is CCC(CC)(CCCCCCCCCCCCCCC(=O)O)C(=O)O. The largest absolute Gasteiger partial charge is 0.481 e. The molecule has 0 heterocycles. The van der Waals surface area contributed by atoms with Gasteiger partial charge in [-0.2, -0.15) is 0 Å². The number of unbranched alkanes of at least 4 members (excludes halogenated alkanes) is 11. The Balaban J connectivity index is 3.39. The van der Waals surface area contributed by atoms with Crippen molar-refractivity contribution < 1.29 is 19.8 Å². The highest BCUT2D eigenvalue weighted by Gasteiger charge is 2.33. The van der Waals surface area contributed by atoms with Gasteiger partial charge < -0.3 is 10.2 Å². The van der Waals surface area contributed by atoms with Crippen LogP contribution in [-0.4, -0.2) is 22.2 Å². The van der Waals surface area contributed by atoms with Crippen molar-refractivity contribution in [1.82, 2.24) is 0 Å². The number of carboxylic acid groups (broad SMARTS) is 2. The van der Waals surface area contributed by atoms with Crippen molar-refractivity contribution in [3.63, 3.8) is 0 Å². The van der Waals surface area contributed by atoms with Gasteiger partial charge in [-0.25, -0.2) is 0 Å². The Morgan fingerprint density at radius 3 is 1.32 bits per heavy atom. The second kappa shape index (κ2) is 15.2. The van der Waals surface area contributed by atoms with Gasteiger partial charge in [0.15, 0.2) is 0 Å². The average Bonchev–Trinajstić information content (AvgIpc) is 2.58. The van der Waals surface area contributed by atoms with Crippen LogP contribution < -0.4 is 0 Å². The topological polar surface area (TPSA) is 74.6 Å². The summed E-state index contributed by atoms with van der Waals surface area (Å²) in [6.07, 6.45) is 16.6. The van der Waals surface area contributed by atoms with Crippen molar-refractivity contribution in [2.75, 3.05) is 0 Å². The molecule has 2 N–H and O–H groups in total. The Hall–Kier alpha value is -1.06. The van der Waals surface area contributed by atoms with Crippen molar-refractivity contribution >= 4 is 11.9 Å². The van der Waals surface area contributed by atoms with E-state index in [4.69, 9.17) is 5.11 Å². The molecule has 0 aliphatic rings. The Kier molecular flexibility index (Phi) is 14.6. The number of carbonyl (C=O) groups is 2. The van der Waals surface area contributed by atoms with E-state index in [1.165, 1.54) is 44.9 Å². The maximum Gasteiger partial charge on any atom is 0.309 e. The lowest BCUT2D eigenvalue weighted by Gasteiger charge is -2.26. The molecule has 0 saturated carbocycles. The monoisotopic (exact) mass is 356 g/mol. The van der Waals surface area contributed by atoms with Gasteiger partial charge in [0.1, 0.15) is 0 Å². The average molecular weight is 357 g/mol. The number of rotatable bonds is 18. The van der Waals surface area contributed by atoms with Crippen molar-refractivity contribution in [3.8, 4) is 0 Å². The van der Waals surface area contributed by atoms with Crippen molar-refractivity contribution in [2.24, 2.45) is 5.41 Å². The fraction of sp³-hybridized carbons (Fsp3) is 0.905. The Labute approximate surface area is 154 Å². The third-order valence-electron chi connectivity index (χ3n) is 5.60. The molecule has 0 rings (SSSR count). The molecule has 0 aliphatic heterocycles. The highest BCUT2D eigenvalue weighted by atomic mass is 16.4. The molecule has 4 nitrogen and oxygen atoms in total. The smallest absolute Gasteiger partial charge is 0.309 e. The van der Waals surface area contributed by atoms with Crippen LogP contribution in [0.3, 0.4) is 0 Å². The molecule has 0 radical (unpaired) electrons. The predicted molar refractivity (Wildman–Crippen MR) is 103 cm³/mol. The number of aliphatic carboxylic acids is 2. The normalized spacial score (nSPS) is 11.6. The van der Waals surface area contributed by atoms with E-state index >= 15 is 0 Å². The zero-order chi connectivity index (χ0) is 19.0. The van der Waals surface area contributed by atoms with Gasteiger partial charge in [-0.1, -0.05) is 84.5 Å². The summed E-state index contributed by atoms with van der Waals surface area (Å²) in [6.45, 7) is 3.98. The minimum Gasteiger partial charge on any atom is -0.481 e. The fourth-order valence-corrected chi connectivity index (χ4v) is 3.52. The van der Waals surface area contributed by atoms with Crippen LogP contribution >= 0.6 is 0 Å². The second-order valence-electron chi connectivity index (χ2n) is 7.43. The van der Waals surface area contributed by atoms with Crippen LogP contribution in [0, 0.1) is 5.41 Å². The van der Waals surface area contributed by atoms with Crippen LogP contribution in [0.4, 0.5) is 0 Å². The van der Waals surface area contributed by atoms with Crippen LogP contribution in [-0.2, 0) is 9.59 Å². The van der Waals surface area contributed by atoms with Gasteiger partial charge in [-0.15, -0.1) is 0 Å². The molecule has 25 heavy (non-hydrogen) atoms. The first-order valence-corrected chi connectivity index (χ1v) is 10.4. The predicted octanol–water partition coefficient (Wildman–Crippen LogP) is 6.42. The van der Waals surface area contributed by atoms with Gasteiger partial charge in [0.25, 0.3) is 0 Å². The minimum absolute atomic E-state index is 0.310. The molecule has 0 aliphatic carbocycles. The summed E-state index contributed by atoms with van der Waals surface area (Å²) in [7, 11) is 0. The zero-order valence-electron chi connectivity index (χ0n) is 16.5. The summed E-state index contributed by atoms with van der Waals surface area (Å²) >= 11 is 0. The Morgan fingerprint density at radius 1 is 0.640 bits per heavy atom. The molecule has 0 bridgehead atoms. The standard InChI is InChI=1S/C21H40O4/c1-3-21(4-2,20(24)25)18-16-14-12-10-8-6-5-7-9-11-13-15-17-19(22)23/h3-18H2,1-2H3,(H,22,23)(H,24,25). The summed E-state index contributed by atoms with van der Waals surface area (Å²) in [5.74, 6) is -1.31. The highest BCUT2D eigenvalue weighted by molar-refractivity contribution is 5.74. The fourth-order valence-electron chi connectivity index (χ4n) is 3.52. The Morgan fingerprint density at radius 2 is 1.00 bits per heavy atom. The van der Waals surface area contributed by atoms with Crippen molar-refractivity contribution in [3.05, 3.63) is 0 Å². The van der Waals surface area contributed by atoms with Gasteiger partial charge in [-0.3, -0.25) is 9.59 Å². The van der Waals surface area contributed by atoms with Gasteiger partial charge in [0.2, 0.25) is 0 Å². The van der Waals surface area contributed by atoms with Crippen LogP contribution in [0.1, 0.15) is 117 Å². The van der Waals surface area contributed by atoms with E-state index in [0.29, 0.717) is 6.42 Å². The van der Waals surface area contributed by atoms with Crippen molar-refractivity contribution in [2.45, 2.75) is 117 Å². The van der Waals surface area contributed by atoms with E-state index in [1.807, 2.05) is 13.8 Å². The first kappa shape index (κ1) is 23.9. The summed E-state index contributed by atoms with van der Waals surface area (Å²) in [6, 6.07) is 0. The van der Waals surface area contributed by atoms with Crippen LogP contribution in [0.5, 0.6) is 0 Å². The molecule has 148 valence electrons. The lowest BCUT2D eigenvalue weighted by molar-refractivity contribution is -0.150. The molecule has 0 aromatic carbocycles. The molecule has 4 heteroatoms. The summed E-state index contributed by atoms with van der Waals surface area (Å²) in [5.41, 5.74) is -0.496. The lowest BCUT2D eigenvalue weighted by Crippen LogP contribution is -2.29. The summed E-state index contributed by atoms with van der Waals surface area (Å²) in [5, 5.41) is 18.0. The van der Waals surface area contributed by atoms with Gasteiger partial charge in [0, 0.05) is 6.42 Å². The molecular formula is C21H40O4. The third kappa shape index (κ3) is 12.0. The van der Waals surface area contributed by atoms with Crippen LogP contribution in [0.2, 0.25) is 0 Å². The number of hydrogen-bond donors (Lipinski definition) is 2. The maximum atomic E-state index is 11.4. The highest BCUT2D eigenvalue weighted by Crippen LogP contribution is 2.33. The molecule has 0 fully saturated rings.